The van der Waals surface area contributed by atoms with E-state index in [0.29, 0.717) is 0 Å². The zero-order valence-corrected chi connectivity index (χ0v) is 4.54. The minimum atomic E-state index is 1.81. The molecule has 0 aliphatic carbocycles. The van der Waals surface area contributed by atoms with Crippen LogP contribution >= 0.6 is 22.9 Å². The van der Waals surface area contributed by atoms with Gasteiger partial charge in [-0.3, -0.25) is 5.43 Å². The van der Waals surface area contributed by atoms with Crippen molar-refractivity contribution in [2.24, 2.45) is 0 Å². The normalized spacial score (nSPS) is 7.50. The largest absolute Gasteiger partial charge is 0.252 e. The van der Waals surface area contributed by atoms with Crippen LogP contribution in [0, 0.1) is 0 Å². The Kier molecular flexibility index (Phi) is 4.24. The average molecular weight is 172 g/mol. The Labute approximate surface area is 39.4 Å². The second-order valence-corrected chi connectivity index (χ2v) is 0.884. The fourth-order valence-corrected chi connectivity index (χ4v) is 0. The summed E-state index contributed by atoms with van der Waals surface area (Å²) >= 11 is 1.99. The molecule has 3 heteroatoms. The number of nitrogens with one attached hydrogen (secondary N) is 2. The summed E-state index contributed by atoms with van der Waals surface area (Å²) in [7, 11) is 1.81. The van der Waals surface area contributed by atoms with Crippen LogP contribution in [0.5, 0.6) is 0 Å². The minimum Gasteiger partial charge on any atom is -0.252 e. The maximum Gasteiger partial charge on any atom is 0.0334 e. The van der Waals surface area contributed by atoms with Crippen LogP contribution in [0.15, 0.2) is 0 Å². The van der Waals surface area contributed by atoms with E-state index in [1.165, 1.54) is 0 Å². The maximum atomic E-state index is 2.67. The number of hydrogen-bond donors (Lipinski definition) is 2. The lowest BCUT2D eigenvalue weighted by atomic mass is 11.5. The zero-order valence-electron chi connectivity index (χ0n) is 2.38. The van der Waals surface area contributed by atoms with Gasteiger partial charge in [-0.1, -0.05) is 0 Å². The number of hydrazine groups is 1. The van der Waals surface area contributed by atoms with Crippen LogP contribution < -0.4 is 9.06 Å². The number of halogens is 1. The monoisotopic (exact) mass is 172 g/mol. The van der Waals surface area contributed by atoms with Crippen LogP contribution in [0.1, 0.15) is 0 Å². The van der Waals surface area contributed by atoms with E-state index in [0.717, 1.165) is 0 Å². The predicted molar refractivity (Wildman–Crippen MR) is 26.2 cm³/mol. The highest BCUT2D eigenvalue weighted by Gasteiger charge is 1.47. The van der Waals surface area contributed by atoms with Gasteiger partial charge in [-0.15, -0.1) is 0 Å². The smallest absolute Gasteiger partial charge is 0.0334 e. The van der Waals surface area contributed by atoms with Crippen LogP contribution in [0.25, 0.3) is 0 Å². The Morgan fingerprint density at radius 3 is 2.00 bits per heavy atom. The van der Waals surface area contributed by atoms with Gasteiger partial charge in [-0.05, 0) is 7.05 Å². The first-order chi connectivity index (χ1) is 1.91. The average Bonchev–Trinajstić information content (AvgIpc) is 1.37. The molecule has 0 bridgehead atoms. The molecule has 4 heavy (non-hydrogen) atoms. The number of hydrogen-bond acceptors (Lipinski definition) is 2. The summed E-state index contributed by atoms with van der Waals surface area (Å²) in [5.74, 6) is 0. The SMILES string of the molecule is CNNI. The second kappa shape index (κ2) is 3.65. The van der Waals surface area contributed by atoms with E-state index in [1.807, 2.05) is 29.9 Å². The van der Waals surface area contributed by atoms with Crippen LogP contribution in [-0.2, 0) is 0 Å². The van der Waals surface area contributed by atoms with E-state index in [4.69, 9.17) is 0 Å². The van der Waals surface area contributed by atoms with Gasteiger partial charge in [-0.2, -0.15) is 3.64 Å². The van der Waals surface area contributed by atoms with Crippen molar-refractivity contribution < 1.29 is 0 Å². The molecule has 0 aromatic rings. The third-order valence-electron chi connectivity index (χ3n) is 0.0945. The molecule has 26 valence electrons. The quantitative estimate of drug-likeness (QED) is 0.332. The van der Waals surface area contributed by atoms with Crippen molar-refractivity contribution in [2.75, 3.05) is 7.05 Å². The Balaban J connectivity index is 1.97. The Bertz CT molecular complexity index is 8.00. The summed E-state index contributed by atoms with van der Waals surface area (Å²) in [4.78, 5) is 0. The highest BCUT2D eigenvalue weighted by molar-refractivity contribution is 14.1. The lowest BCUT2D eigenvalue weighted by molar-refractivity contribution is 0.848. The summed E-state index contributed by atoms with van der Waals surface area (Å²) in [6.45, 7) is 0. The van der Waals surface area contributed by atoms with Crippen molar-refractivity contribution in [3.63, 3.8) is 0 Å². The molecule has 0 aliphatic rings. The topological polar surface area (TPSA) is 24.1 Å². The van der Waals surface area contributed by atoms with Gasteiger partial charge in [0.2, 0.25) is 0 Å². The Hall–Kier alpha value is 0.650. The second-order valence-electron chi connectivity index (χ2n) is 0.344. The van der Waals surface area contributed by atoms with Gasteiger partial charge in [0.05, 0.1) is 0 Å². The molecule has 0 atom stereocenters. The van der Waals surface area contributed by atoms with Crippen molar-refractivity contribution in [1.29, 1.82) is 0 Å². The molecule has 2 N–H and O–H groups in total. The van der Waals surface area contributed by atoms with Crippen LogP contribution in [-0.4, -0.2) is 7.05 Å². The van der Waals surface area contributed by atoms with Gasteiger partial charge in [0.15, 0.2) is 0 Å². The van der Waals surface area contributed by atoms with Crippen LogP contribution in [0.4, 0.5) is 0 Å². The van der Waals surface area contributed by atoms with Crippen LogP contribution in [0.2, 0.25) is 0 Å². The van der Waals surface area contributed by atoms with Crippen molar-refractivity contribution in [3.8, 4) is 0 Å². The summed E-state index contributed by atoms with van der Waals surface area (Å²) in [5.41, 5.74) is 2.67. The van der Waals surface area contributed by atoms with Gasteiger partial charge < -0.3 is 0 Å². The first-order valence-electron chi connectivity index (χ1n) is 0.939. The summed E-state index contributed by atoms with van der Waals surface area (Å²) in [5, 5.41) is 0. The van der Waals surface area contributed by atoms with Gasteiger partial charge in [0.25, 0.3) is 0 Å². The highest BCUT2D eigenvalue weighted by atomic mass is 127. The van der Waals surface area contributed by atoms with Crippen molar-refractivity contribution in [1.82, 2.24) is 9.06 Å². The first-order valence-corrected chi connectivity index (χ1v) is 2.02. The molecular weight excluding hydrogens is 167 g/mol. The lowest BCUT2D eigenvalue weighted by Crippen LogP contribution is -2.14. The van der Waals surface area contributed by atoms with E-state index in [-0.39, 0.29) is 0 Å². The Morgan fingerprint density at radius 1 is 1.75 bits per heavy atom. The highest BCUT2D eigenvalue weighted by Crippen LogP contribution is 1.51. The molecule has 2 nitrogen and oxygen atoms in total. The standard InChI is InChI=1S/CH5IN2/c1-3-4-2/h3-4H,1H3. The minimum absolute atomic E-state index is 1.81. The van der Waals surface area contributed by atoms with Gasteiger partial charge in [0.1, 0.15) is 0 Å². The van der Waals surface area contributed by atoms with E-state index < -0.39 is 0 Å². The number of rotatable bonds is 1. The maximum absolute atomic E-state index is 2.67. The summed E-state index contributed by atoms with van der Waals surface area (Å²) in [6.07, 6.45) is 0. The van der Waals surface area contributed by atoms with Gasteiger partial charge >= 0.3 is 0 Å². The molecule has 0 rings (SSSR count). The summed E-state index contributed by atoms with van der Waals surface area (Å²) < 4.78 is 2.65. The predicted octanol–water partition coefficient (Wildman–Crippen LogP) is 0.0604. The zero-order chi connectivity index (χ0) is 3.41. The molecule has 0 radical (unpaired) electrons. The molecule has 0 aromatic heterocycles. The van der Waals surface area contributed by atoms with Crippen molar-refractivity contribution in [2.45, 2.75) is 0 Å². The van der Waals surface area contributed by atoms with Crippen molar-refractivity contribution in [3.05, 3.63) is 0 Å². The molecule has 0 saturated carbocycles. The summed E-state index contributed by atoms with van der Waals surface area (Å²) in [6, 6.07) is 0. The third-order valence-corrected chi connectivity index (χ3v) is 0.634. The van der Waals surface area contributed by atoms with E-state index >= 15 is 0 Å². The first kappa shape index (κ1) is 4.65. The van der Waals surface area contributed by atoms with Crippen molar-refractivity contribution >= 4 is 22.9 Å². The molecule has 0 aromatic carbocycles. The fourth-order valence-electron chi connectivity index (χ4n) is 0. The molecule has 0 unspecified atom stereocenters. The Morgan fingerprint density at radius 2 is 2.00 bits per heavy atom. The molecule has 0 aliphatic heterocycles. The van der Waals surface area contributed by atoms with Gasteiger partial charge in [-0.25, -0.2) is 0 Å². The third kappa shape index (κ3) is 2.65. The molecule has 0 saturated heterocycles. The van der Waals surface area contributed by atoms with E-state index in [2.05, 4.69) is 9.06 Å². The molecular formula is CH5IN2. The molecule has 0 spiro atoms. The van der Waals surface area contributed by atoms with E-state index in [9.17, 15) is 0 Å². The molecule has 0 fully saturated rings. The molecule has 0 heterocycles. The lowest BCUT2D eigenvalue weighted by Gasteiger charge is -1.78. The molecule has 0 amide bonds. The fraction of sp³-hybridized carbons (Fsp3) is 1.00. The van der Waals surface area contributed by atoms with Crippen LogP contribution in [0.3, 0.4) is 0 Å². The van der Waals surface area contributed by atoms with Gasteiger partial charge in [0, 0.05) is 22.9 Å². The van der Waals surface area contributed by atoms with E-state index in [1.54, 1.807) is 0 Å².